The molecule has 5 heteroatoms. The minimum absolute atomic E-state index is 0.113. The van der Waals surface area contributed by atoms with E-state index in [9.17, 15) is 4.79 Å². The van der Waals surface area contributed by atoms with E-state index in [0.29, 0.717) is 16.7 Å². The number of anilines is 1. The largest absolute Gasteiger partial charge is 0.398 e. The first-order valence-corrected chi connectivity index (χ1v) is 5.51. The minimum Gasteiger partial charge on any atom is -0.398 e. The third kappa shape index (κ3) is 2.14. The first kappa shape index (κ1) is 10.9. The molecule has 0 saturated carbocycles. The number of aromatic nitrogens is 2. The lowest BCUT2D eigenvalue weighted by atomic mass is 10.2. The summed E-state index contributed by atoms with van der Waals surface area (Å²) >= 11 is 3.15. The van der Waals surface area contributed by atoms with Crippen LogP contribution in [0.25, 0.3) is 0 Å². The van der Waals surface area contributed by atoms with Gasteiger partial charge in [0, 0.05) is 11.9 Å². The molecule has 0 spiro atoms. The van der Waals surface area contributed by atoms with Gasteiger partial charge in [-0.25, -0.2) is 4.98 Å². The molecule has 0 aliphatic heterocycles. The van der Waals surface area contributed by atoms with Crippen LogP contribution in [0.3, 0.4) is 0 Å². The molecule has 2 rings (SSSR count). The zero-order valence-corrected chi connectivity index (χ0v) is 10.0. The highest BCUT2D eigenvalue weighted by molar-refractivity contribution is 9.10. The molecule has 0 radical (unpaired) electrons. The van der Waals surface area contributed by atoms with Gasteiger partial charge >= 0.3 is 0 Å². The van der Waals surface area contributed by atoms with Gasteiger partial charge in [0.1, 0.15) is 4.47 Å². The molecule has 0 aliphatic rings. The molecule has 0 saturated heterocycles. The van der Waals surface area contributed by atoms with Gasteiger partial charge in [0.2, 0.25) is 0 Å². The second kappa shape index (κ2) is 4.49. The molecule has 4 nitrogen and oxygen atoms in total. The van der Waals surface area contributed by atoms with Gasteiger partial charge in [-0.15, -0.1) is 0 Å². The van der Waals surface area contributed by atoms with Crippen LogP contribution in [0.4, 0.5) is 5.69 Å². The van der Waals surface area contributed by atoms with E-state index in [4.69, 9.17) is 5.73 Å². The van der Waals surface area contributed by atoms with Crippen LogP contribution in [-0.4, -0.2) is 9.55 Å². The fraction of sp³-hybridized carbons (Fsp3) is 0.0909. The molecule has 1 aromatic carbocycles. The van der Waals surface area contributed by atoms with Crippen molar-refractivity contribution in [2.24, 2.45) is 0 Å². The number of rotatable bonds is 2. The van der Waals surface area contributed by atoms with Crippen LogP contribution in [0, 0.1) is 0 Å². The van der Waals surface area contributed by atoms with E-state index in [-0.39, 0.29) is 5.56 Å². The lowest BCUT2D eigenvalue weighted by Crippen LogP contribution is -2.21. The van der Waals surface area contributed by atoms with Crippen LogP contribution in [0.5, 0.6) is 0 Å². The van der Waals surface area contributed by atoms with E-state index in [1.54, 1.807) is 0 Å². The van der Waals surface area contributed by atoms with Crippen molar-refractivity contribution in [2.75, 3.05) is 5.73 Å². The number of para-hydroxylation sites is 1. The van der Waals surface area contributed by atoms with Gasteiger partial charge in [-0.2, -0.15) is 0 Å². The lowest BCUT2D eigenvalue weighted by Gasteiger charge is -2.07. The molecule has 0 unspecified atom stereocenters. The Morgan fingerprint density at radius 3 is 2.88 bits per heavy atom. The average Bonchev–Trinajstić information content (AvgIpc) is 2.28. The van der Waals surface area contributed by atoms with Crippen LogP contribution < -0.4 is 11.3 Å². The maximum Gasteiger partial charge on any atom is 0.267 e. The van der Waals surface area contributed by atoms with Crippen molar-refractivity contribution in [3.63, 3.8) is 0 Å². The van der Waals surface area contributed by atoms with E-state index in [1.165, 1.54) is 17.1 Å². The zero-order valence-electron chi connectivity index (χ0n) is 8.43. The molecular formula is C11H10BrN3O. The highest BCUT2D eigenvalue weighted by atomic mass is 79.9. The molecule has 1 aromatic heterocycles. The van der Waals surface area contributed by atoms with E-state index in [2.05, 4.69) is 20.9 Å². The monoisotopic (exact) mass is 279 g/mol. The van der Waals surface area contributed by atoms with Crippen molar-refractivity contribution in [2.45, 2.75) is 6.54 Å². The summed E-state index contributed by atoms with van der Waals surface area (Å²) in [7, 11) is 0. The predicted octanol–water partition coefficient (Wildman–Crippen LogP) is 1.64. The quantitative estimate of drug-likeness (QED) is 0.851. The lowest BCUT2D eigenvalue weighted by molar-refractivity contribution is 0.732. The van der Waals surface area contributed by atoms with Gasteiger partial charge in [-0.05, 0) is 27.6 Å². The number of nitrogens with two attached hydrogens (primary N) is 1. The van der Waals surface area contributed by atoms with Crippen molar-refractivity contribution in [3.05, 3.63) is 57.2 Å². The molecule has 82 valence electrons. The SMILES string of the molecule is Nc1ccccc1Cn1cncc(Br)c1=O. The fourth-order valence-electron chi connectivity index (χ4n) is 1.40. The number of nitrogens with zero attached hydrogens (tertiary/aromatic N) is 2. The van der Waals surface area contributed by atoms with Crippen molar-refractivity contribution in [3.8, 4) is 0 Å². The molecule has 2 N–H and O–H groups in total. The Labute approximate surface area is 101 Å². The van der Waals surface area contributed by atoms with Crippen LogP contribution in [0.1, 0.15) is 5.56 Å². The van der Waals surface area contributed by atoms with Crippen molar-refractivity contribution in [1.29, 1.82) is 0 Å². The average molecular weight is 280 g/mol. The van der Waals surface area contributed by atoms with Gasteiger partial charge in [-0.3, -0.25) is 9.36 Å². The summed E-state index contributed by atoms with van der Waals surface area (Å²) in [6.45, 7) is 0.429. The summed E-state index contributed by atoms with van der Waals surface area (Å²) in [5, 5.41) is 0. The van der Waals surface area contributed by atoms with Crippen LogP contribution in [0.15, 0.2) is 46.1 Å². The first-order valence-electron chi connectivity index (χ1n) is 4.72. The Balaban J connectivity index is 2.39. The molecule has 0 fully saturated rings. The number of benzene rings is 1. The Kier molecular flexibility index (Phi) is 3.05. The highest BCUT2D eigenvalue weighted by Gasteiger charge is 2.03. The molecule has 0 atom stereocenters. The second-order valence-electron chi connectivity index (χ2n) is 3.37. The van der Waals surface area contributed by atoms with Crippen molar-refractivity contribution < 1.29 is 0 Å². The predicted molar refractivity (Wildman–Crippen MR) is 66.2 cm³/mol. The molecule has 2 aromatic rings. The normalized spacial score (nSPS) is 10.3. The van der Waals surface area contributed by atoms with Gasteiger partial charge in [0.15, 0.2) is 0 Å². The van der Waals surface area contributed by atoms with Crippen LogP contribution in [-0.2, 0) is 6.54 Å². The highest BCUT2D eigenvalue weighted by Crippen LogP contribution is 2.11. The third-order valence-corrected chi connectivity index (χ3v) is 2.80. The molecule has 0 bridgehead atoms. The smallest absolute Gasteiger partial charge is 0.267 e. The van der Waals surface area contributed by atoms with E-state index < -0.39 is 0 Å². The molecule has 16 heavy (non-hydrogen) atoms. The summed E-state index contributed by atoms with van der Waals surface area (Å²) < 4.78 is 1.96. The second-order valence-corrected chi connectivity index (χ2v) is 4.23. The van der Waals surface area contributed by atoms with Crippen molar-refractivity contribution in [1.82, 2.24) is 9.55 Å². The van der Waals surface area contributed by atoms with Crippen LogP contribution >= 0.6 is 15.9 Å². The first-order chi connectivity index (χ1) is 7.68. The minimum atomic E-state index is -0.113. The Bertz CT molecular complexity index is 565. The van der Waals surface area contributed by atoms with Gasteiger partial charge in [0.25, 0.3) is 5.56 Å². The number of hydrogen-bond donors (Lipinski definition) is 1. The Morgan fingerprint density at radius 2 is 2.12 bits per heavy atom. The fourth-order valence-corrected chi connectivity index (χ4v) is 1.74. The standard InChI is InChI=1S/C11H10BrN3O/c12-9-5-14-7-15(11(9)16)6-8-3-1-2-4-10(8)13/h1-5,7H,6,13H2. The van der Waals surface area contributed by atoms with Gasteiger partial charge in [0.05, 0.1) is 12.9 Å². The van der Waals surface area contributed by atoms with Gasteiger partial charge < -0.3 is 5.73 Å². The third-order valence-electron chi connectivity index (χ3n) is 2.25. The van der Waals surface area contributed by atoms with E-state index in [1.807, 2.05) is 24.3 Å². The summed E-state index contributed by atoms with van der Waals surface area (Å²) in [5.74, 6) is 0. The van der Waals surface area contributed by atoms with Gasteiger partial charge in [-0.1, -0.05) is 18.2 Å². The van der Waals surface area contributed by atoms with Crippen LogP contribution in [0.2, 0.25) is 0 Å². The summed E-state index contributed by atoms with van der Waals surface area (Å²) in [5.41, 5.74) is 7.28. The number of halogens is 1. The van der Waals surface area contributed by atoms with E-state index in [0.717, 1.165) is 5.56 Å². The number of hydrogen-bond acceptors (Lipinski definition) is 3. The summed E-state index contributed by atoms with van der Waals surface area (Å²) in [6, 6.07) is 7.46. The van der Waals surface area contributed by atoms with Crippen molar-refractivity contribution >= 4 is 21.6 Å². The number of nitrogen functional groups attached to an aromatic ring is 1. The molecule has 0 aliphatic carbocycles. The Morgan fingerprint density at radius 1 is 1.38 bits per heavy atom. The van der Waals surface area contributed by atoms with E-state index >= 15 is 0 Å². The summed E-state index contributed by atoms with van der Waals surface area (Å²) in [6.07, 6.45) is 2.98. The molecular weight excluding hydrogens is 270 g/mol. The topological polar surface area (TPSA) is 60.9 Å². The maximum atomic E-state index is 11.7. The molecule has 0 amide bonds. The zero-order chi connectivity index (χ0) is 11.5. The summed E-state index contributed by atoms with van der Waals surface area (Å²) in [4.78, 5) is 15.7. The molecule has 1 heterocycles. The Hall–Kier alpha value is -1.62. The maximum absolute atomic E-state index is 11.7.